The van der Waals surface area contributed by atoms with E-state index in [1.807, 2.05) is 30.9 Å². The second-order valence-corrected chi connectivity index (χ2v) is 5.63. The molecule has 5 nitrogen and oxygen atoms in total. The molecule has 3 N–H and O–H groups in total. The molecule has 2 heterocycles. The predicted molar refractivity (Wildman–Crippen MR) is 86.3 cm³/mol. The van der Waals surface area contributed by atoms with E-state index in [2.05, 4.69) is 31.9 Å². The molecule has 1 aliphatic heterocycles. The maximum atomic E-state index is 5.74. The van der Waals surface area contributed by atoms with Gasteiger partial charge in [-0.15, -0.1) is 0 Å². The van der Waals surface area contributed by atoms with E-state index >= 15 is 0 Å². The number of aryl methyl sites for hydroxylation is 1. The lowest BCUT2D eigenvalue weighted by molar-refractivity contribution is 0.514. The van der Waals surface area contributed by atoms with Crippen molar-refractivity contribution < 1.29 is 0 Å². The zero-order chi connectivity index (χ0) is 14.5. The van der Waals surface area contributed by atoms with Crippen LogP contribution >= 0.6 is 0 Å². The second kappa shape index (κ2) is 6.63. The minimum absolute atomic E-state index is 0.588. The standard InChI is InChI=1S/C16H23N5/c17-14-2-4-16(5-3-14)21-10-6-15(12-21)19-7-1-9-20-11-8-18-13-20/h2-5,8,11,13,15,19H,1,6-7,9-10,12,17H2. The van der Waals surface area contributed by atoms with Crippen LogP contribution < -0.4 is 16.0 Å². The zero-order valence-corrected chi connectivity index (χ0v) is 12.3. The Bertz CT molecular complexity index is 534. The lowest BCUT2D eigenvalue weighted by Gasteiger charge is -2.19. The summed E-state index contributed by atoms with van der Waals surface area (Å²) in [4.78, 5) is 6.48. The highest BCUT2D eigenvalue weighted by Gasteiger charge is 2.21. The Morgan fingerprint density at radius 3 is 2.90 bits per heavy atom. The van der Waals surface area contributed by atoms with Crippen molar-refractivity contribution in [1.29, 1.82) is 0 Å². The number of nitrogens with one attached hydrogen (secondary N) is 1. The van der Waals surface area contributed by atoms with Crippen molar-refractivity contribution in [2.45, 2.75) is 25.4 Å². The molecule has 5 heteroatoms. The molecule has 21 heavy (non-hydrogen) atoms. The second-order valence-electron chi connectivity index (χ2n) is 5.63. The van der Waals surface area contributed by atoms with Crippen molar-refractivity contribution in [3.8, 4) is 0 Å². The van der Waals surface area contributed by atoms with Crippen LogP contribution in [0.1, 0.15) is 12.8 Å². The zero-order valence-electron chi connectivity index (χ0n) is 12.3. The monoisotopic (exact) mass is 285 g/mol. The van der Waals surface area contributed by atoms with Crippen LogP contribution in [-0.4, -0.2) is 35.2 Å². The molecule has 1 fully saturated rings. The topological polar surface area (TPSA) is 59.1 Å². The van der Waals surface area contributed by atoms with E-state index in [0.29, 0.717) is 6.04 Å². The number of hydrogen-bond donors (Lipinski definition) is 2. The molecule has 112 valence electrons. The third-order valence-corrected chi connectivity index (χ3v) is 4.03. The van der Waals surface area contributed by atoms with E-state index < -0.39 is 0 Å². The Balaban J connectivity index is 1.39. The molecule has 1 unspecified atom stereocenters. The lowest BCUT2D eigenvalue weighted by atomic mass is 10.2. The van der Waals surface area contributed by atoms with Crippen molar-refractivity contribution in [2.24, 2.45) is 0 Å². The van der Waals surface area contributed by atoms with E-state index in [1.165, 1.54) is 12.1 Å². The fraction of sp³-hybridized carbons (Fsp3) is 0.438. The van der Waals surface area contributed by atoms with Gasteiger partial charge in [-0.25, -0.2) is 4.98 Å². The maximum absolute atomic E-state index is 5.74. The smallest absolute Gasteiger partial charge is 0.0945 e. The van der Waals surface area contributed by atoms with Gasteiger partial charge in [0.05, 0.1) is 6.33 Å². The van der Waals surface area contributed by atoms with Crippen molar-refractivity contribution in [3.63, 3.8) is 0 Å². The Kier molecular flexibility index (Phi) is 4.40. The summed E-state index contributed by atoms with van der Waals surface area (Å²) >= 11 is 0. The summed E-state index contributed by atoms with van der Waals surface area (Å²) in [7, 11) is 0. The van der Waals surface area contributed by atoms with E-state index in [4.69, 9.17) is 5.73 Å². The summed E-state index contributed by atoms with van der Waals surface area (Å²) in [5, 5.41) is 3.66. The van der Waals surface area contributed by atoms with Gasteiger partial charge in [0.2, 0.25) is 0 Å². The van der Waals surface area contributed by atoms with Gasteiger partial charge in [0.15, 0.2) is 0 Å². The van der Waals surface area contributed by atoms with Gasteiger partial charge in [-0.05, 0) is 43.7 Å². The third-order valence-electron chi connectivity index (χ3n) is 4.03. The highest BCUT2D eigenvalue weighted by atomic mass is 15.2. The lowest BCUT2D eigenvalue weighted by Crippen LogP contribution is -2.33. The summed E-state index contributed by atoms with van der Waals surface area (Å²) in [5.41, 5.74) is 7.83. The van der Waals surface area contributed by atoms with Crippen LogP contribution in [0.3, 0.4) is 0 Å². The molecule has 0 radical (unpaired) electrons. The number of benzene rings is 1. The molecule has 0 saturated carbocycles. The quantitative estimate of drug-likeness (QED) is 0.627. The molecule has 1 atom stereocenters. The van der Waals surface area contributed by atoms with Gasteiger partial charge in [0.1, 0.15) is 0 Å². The first kappa shape index (κ1) is 13.9. The number of aromatic nitrogens is 2. The largest absolute Gasteiger partial charge is 0.399 e. The fourth-order valence-corrected chi connectivity index (χ4v) is 2.83. The van der Waals surface area contributed by atoms with Crippen molar-refractivity contribution >= 4 is 11.4 Å². The Morgan fingerprint density at radius 2 is 2.14 bits per heavy atom. The first-order chi connectivity index (χ1) is 10.3. The molecule has 1 saturated heterocycles. The van der Waals surface area contributed by atoms with E-state index in [1.54, 1.807) is 0 Å². The van der Waals surface area contributed by atoms with Crippen molar-refractivity contribution in [1.82, 2.24) is 14.9 Å². The first-order valence-electron chi connectivity index (χ1n) is 7.61. The highest BCUT2D eigenvalue weighted by molar-refractivity contribution is 5.53. The third kappa shape index (κ3) is 3.76. The number of rotatable bonds is 6. The number of hydrogen-bond acceptors (Lipinski definition) is 4. The number of nitrogen functional groups attached to an aromatic ring is 1. The molecule has 2 aromatic rings. The van der Waals surface area contributed by atoms with Crippen LogP contribution in [0.2, 0.25) is 0 Å². The van der Waals surface area contributed by atoms with Crippen LogP contribution in [0.4, 0.5) is 11.4 Å². The molecule has 0 aliphatic carbocycles. The van der Waals surface area contributed by atoms with Gasteiger partial charge in [0.25, 0.3) is 0 Å². The van der Waals surface area contributed by atoms with E-state index in [0.717, 1.165) is 38.3 Å². The summed E-state index contributed by atoms with van der Waals surface area (Å²) in [6.07, 6.45) is 8.05. The van der Waals surface area contributed by atoms with Crippen molar-refractivity contribution in [3.05, 3.63) is 43.0 Å². The highest BCUT2D eigenvalue weighted by Crippen LogP contribution is 2.21. The summed E-state index contributed by atoms with van der Waals surface area (Å²) < 4.78 is 2.12. The van der Waals surface area contributed by atoms with Gasteiger partial charge < -0.3 is 20.5 Å². The Labute approximate surface area is 125 Å². The summed E-state index contributed by atoms with van der Waals surface area (Å²) in [6, 6.07) is 8.75. The number of imidazole rings is 1. The molecule has 1 aliphatic rings. The van der Waals surface area contributed by atoms with Crippen LogP contribution in [0.5, 0.6) is 0 Å². The Morgan fingerprint density at radius 1 is 1.29 bits per heavy atom. The maximum Gasteiger partial charge on any atom is 0.0945 e. The van der Waals surface area contributed by atoms with E-state index in [-0.39, 0.29) is 0 Å². The summed E-state index contributed by atoms with van der Waals surface area (Å²) in [6.45, 7) is 4.28. The molecule has 3 rings (SSSR count). The molecule has 1 aromatic heterocycles. The van der Waals surface area contributed by atoms with Gasteiger partial charge in [-0.3, -0.25) is 0 Å². The molecule has 0 amide bonds. The number of anilines is 2. The van der Waals surface area contributed by atoms with Crippen LogP contribution in [0, 0.1) is 0 Å². The SMILES string of the molecule is Nc1ccc(N2CCC(NCCCn3ccnc3)C2)cc1. The molecule has 0 spiro atoms. The van der Waals surface area contributed by atoms with Gasteiger partial charge >= 0.3 is 0 Å². The van der Waals surface area contributed by atoms with Gasteiger partial charge in [-0.1, -0.05) is 0 Å². The Hall–Kier alpha value is -2.01. The van der Waals surface area contributed by atoms with Crippen LogP contribution in [-0.2, 0) is 6.54 Å². The summed E-state index contributed by atoms with van der Waals surface area (Å²) in [5.74, 6) is 0. The molecule has 0 bridgehead atoms. The number of nitrogens with zero attached hydrogens (tertiary/aromatic N) is 3. The van der Waals surface area contributed by atoms with Crippen molar-refractivity contribution in [2.75, 3.05) is 30.3 Å². The first-order valence-corrected chi connectivity index (χ1v) is 7.61. The van der Waals surface area contributed by atoms with E-state index in [9.17, 15) is 0 Å². The van der Waals surface area contributed by atoms with Gasteiger partial charge in [-0.2, -0.15) is 0 Å². The van der Waals surface area contributed by atoms with Crippen LogP contribution in [0.15, 0.2) is 43.0 Å². The predicted octanol–water partition coefficient (Wildman–Crippen LogP) is 1.72. The van der Waals surface area contributed by atoms with Crippen LogP contribution in [0.25, 0.3) is 0 Å². The average molecular weight is 285 g/mol. The molecule has 1 aromatic carbocycles. The van der Waals surface area contributed by atoms with Gasteiger partial charge in [0, 0.05) is 49.4 Å². The molecular formula is C16H23N5. The minimum atomic E-state index is 0.588. The fourth-order valence-electron chi connectivity index (χ4n) is 2.83. The number of nitrogens with two attached hydrogens (primary N) is 1. The average Bonchev–Trinajstić information content (AvgIpc) is 3.16. The minimum Gasteiger partial charge on any atom is -0.399 e. The molecular weight excluding hydrogens is 262 g/mol. The normalized spacial score (nSPS) is 18.3.